The molecule has 0 fully saturated rings. The second-order valence-electron chi connectivity index (χ2n) is 5.41. The Bertz CT molecular complexity index is 724. The zero-order chi connectivity index (χ0) is 17.0. The van der Waals surface area contributed by atoms with Gasteiger partial charge in [0.15, 0.2) is 5.75 Å². The third-order valence-electron chi connectivity index (χ3n) is 3.31. The van der Waals surface area contributed by atoms with Gasteiger partial charge in [-0.25, -0.2) is 0 Å². The third kappa shape index (κ3) is 4.06. The van der Waals surface area contributed by atoms with Crippen molar-refractivity contribution in [1.82, 2.24) is 4.90 Å². The van der Waals surface area contributed by atoms with Crippen LogP contribution < -0.4 is 4.74 Å². The normalized spacial score (nSPS) is 10.2. The van der Waals surface area contributed by atoms with Crippen LogP contribution in [-0.4, -0.2) is 29.8 Å². The van der Waals surface area contributed by atoms with Gasteiger partial charge < -0.3 is 9.64 Å². The first-order valence-corrected chi connectivity index (χ1v) is 7.07. The average molecular weight is 314 g/mol. The zero-order valence-electron chi connectivity index (χ0n) is 13.3. The molecule has 6 nitrogen and oxygen atoms in total. The molecule has 23 heavy (non-hydrogen) atoms. The molecule has 2 aromatic carbocycles. The Hall–Kier alpha value is -2.89. The van der Waals surface area contributed by atoms with E-state index in [4.69, 9.17) is 4.74 Å². The Morgan fingerprint density at radius 1 is 1.17 bits per heavy atom. The van der Waals surface area contributed by atoms with Crippen LogP contribution in [0.2, 0.25) is 0 Å². The molecule has 0 aliphatic heterocycles. The number of nitro groups is 1. The molecule has 6 heteroatoms. The van der Waals surface area contributed by atoms with Gasteiger partial charge in [0.05, 0.1) is 4.92 Å². The third-order valence-corrected chi connectivity index (χ3v) is 3.31. The topological polar surface area (TPSA) is 72.7 Å². The first kappa shape index (κ1) is 16.5. The Morgan fingerprint density at radius 3 is 2.39 bits per heavy atom. The number of nitrogens with zero attached hydrogens (tertiary/aromatic N) is 2. The molecule has 0 unspecified atom stereocenters. The van der Waals surface area contributed by atoms with E-state index in [1.54, 1.807) is 50.5 Å². The number of aryl methyl sites for hydroxylation is 1. The van der Waals surface area contributed by atoms with Crippen molar-refractivity contribution in [2.75, 3.05) is 14.1 Å². The van der Waals surface area contributed by atoms with E-state index in [9.17, 15) is 14.9 Å². The first-order chi connectivity index (χ1) is 10.9. The molecule has 0 heterocycles. The van der Waals surface area contributed by atoms with Gasteiger partial charge in [-0.3, -0.25) is 14.9 Å². The molecule has 0 N–H and O–H groups in total. The monoisotopic (exact) mass is 314 g/mol. The van der Waals surface area contributed by atoms with E-state index >= 15 is 0 Å². The van der Waals surface area contributed by atoms with Gasteiger partial charge in [0, 0.05) is 25.7 Å². The highest BCUT2D eigenvalue weighted by molar-refractivity contribution is 5.93. The van der Waals surface area contributed by atoms with Crippen LogP contribution in [-0.2, 0) is 6.61 Å². The number of carbonyl (C=O) groups is 1. The molecule has 0 aromatic heterocycles. The van der Waals surface area contributed by atoms with Crippen LogP contribution in [0.25, 0.3) is 0 Å². The van der Waals surface area contributed by atoms with Crippen LogP contribution in [0.15, 0.2) is 42.5 Å². The van der Waals surface area contributed by atoms with Crippen LogP contribution in [0.1, 0.15) is 21.5 Å². The van der Waals surface area contributed by atoms with Crippen molar-refractivity contribution in [3.05, 3.63) is 69.3 Å². The summed E-state index contributed by atoms with van der Waals surface area (Å²) in [7, 11) is 3.38. The quantitative estimate of drug-likeness (QED) is 0.627. The lowest BCUT2D eigenvalue weighted by Gasteiger charge is -2.11. The Labute approximate surface area is 134 Å². The lowest BCUT2D eigenvalue weighted by molar-refractivity contribution is -0.386. The summed E-state index contributed by atoms with van der Waals surface area (Å²) in [5.74, 6) is 0.162. The summed E-state index contributed by atoms with van der Waals surface area (Å²) < 4.78 is 5.58. The maximum Gasteiger partial charge on any atom is 0.310 e. The van der Waals surface area contributed by atoms with E-state index in [2.05, 4.69) is 0 Å². The predicted octanol–water partition coefficient (Wildman–Crippen LogP) is 3.18. The second kappa shape index (κ2) is 6.91. The van der Waals surface area contributed by atoms with Gasteiger partial charge in [-0.15, -0.1) is 0 Å². The summed E-state index contributed by atoms with van der Waals surface area (Å²) in [6, 6.07) is 11.7. The van der Waals surface area contributed by atoms with E-state index in [-0.39, 0.29) is 24.0 Å². The Kier molecular flexibility index (Phi) is 4.95. The van der Waals surface area contributed by atoms with Crippen molar-refractivity contribution in [2.24, 2.45) is 0 Å². The van der Waals surface area contributed by atoms with Crippen LogP contribution in [0.3, 0.4) is 0 Å². The average Bonchev–Trinajstić information content (AvgIpc) is 2.52. The first-order valence-electron chi connectivity index (χ1n) is 7.07. The standard InChI is InChI=1S/C17H18N2O4/c1-12-4-9-15(19(21)22)16(10-12)23-11-13-5-7-14(8-6-13)17(20)18(2)3/h4-10H,11H2,1-3H3. The molecule has 0 aliphatic carbocycles. The molecule has 0 saturated carbocycles. The van der Waals surface area contributed by atoms with Gasteiger partial charge >= 0.3 is 5.69 Å². The van der Waals surface area contributed by atoms with Crippen molar-refractivity contribution in [1.29, 1.82) is 0 Å². The molecular weight excluding hydrogens is 296 g/mol. The minimum atomic E-state index is -0.465. The SMILES string of the molecule is Cc1ccc([N+](=O)[O-])c(OCc2ccc(C(=O)N(C)C)cc2)c1. The van der Waals surface area contributed by atoms with E-state index in [1.165, 1.54) is 11.0 Å². The summed E-state index contributed by atoms with van der Waals surface area (Å²) in [6.45, 7) is 2.04. The fraction of sp³-hybridized carbons (Fsp3) is 0.235. The summed E-state index contributed by atoms with van der Waals surface area (Å²) in [5, 5.41) is 11.0. The maximum absolute atomic E-state index is 11.8. The summed E-state index contributed by atoms with van der Waals surface area (Å²) >= 11 is 0. The number of hydrogen-bond donors (Lipinski definition) is 0. The van der Waals surface area contributed by atoms with Crippen LogP contribution in [0, 0.1) is 17.0 Å². The summed E-state index contributed by atoms with van der Waals surface area (Å²) in [5.41, 5.74) is 2.24. The maximum atomic E-state index is 11.8. The predicted molar refractivity (Wildman–Crippen MR) is 86.6 cm³/mol. The second-order valence-corrected chi connectivity index (χ2v) is 5.41. The number of nitro benzene ring substituents is 1. The number of hydrogen-bond acceptors (Lipinski definition) is 4. The molecule has 0 spiro atoms. The van der Waals surface area contributed by atoms with Crippen LogP contribution in [0.5, 0.6) is 5.75 Å². The van der Waals surface area contributed by atoms with Crippen LogP contribution in [0.4, 0.5) is 5.69 Å². The summed E-state index contributed by atoms with van der Waals surface area (Å²) in [4.78, 5) is 23.9. The van der Waals surface area contributed by atoms with Crippen molar-refractivity contribution in [3.8, 4) is 5.75 Å². The molecule has 1 amide bonds. The van der Waals surface area contributed by atoms with Gasteiger partial charge in [-0.05, 0) is 36.2 Å². The van der Waals surface area contributed by atoms with Gasteiger partial charge in [-0.1, -0.05) is 18.2 Å². The Morgan fingerprint density at radius 2 is 1.83 bits per heavy atom. The highest BCUT2D eigenvalue weighted by Crippen LogP contribution is 2.28. The van der Waals surface area contributed by atoms with Gasteiger partial charge in [-0.2, -0.15) is 0 Å². The lowest BCUT2D eigenvalue weighted by Crippen LogP contribution is -2.21. The molecule has 2 rings (SSSR count). The zero-order valence-corrected chi connectivity index (χ0v) is 13.3. The van der Waals surface area contributed by atoms with Crippen molar-refractivity contribution < 1.29 is 14.5 Å². The molecule has 2 aromatic rings. The molecule has 0 aliphatic rings. The minimum Gasteiger partial charge on any atom is -0.482 e. The molecule has 120 valence electrons. The number of ether oxygens (including phenoxy) is 1. The van der Waals surface area contributed by atoms with Gasteiger partial charge in [0.25, 0.3) is 5.91 Å². The minimum absolute atomic E-state index is 0.0602. The fourth-order valence-corrected chi connectivity index (χ4v) is 2.05. The van der Waals surface area contributed by atoms with E-state index < -0.39 is 4.92 Å². The van der Waals surface area contributed by atoms with Crippen molar-refractivity contribution in [3.63, 3.8) is 0 Å². The molecule has 0 radical (unpaired) electrons. The smallest absolute Gasteiger partial charge is 0.310 e. The lowest BCUT2D eigenvalue weighted by atomic mass is 10.1. The molecule has 0 saturated heterocycles. The number of rotatable bonds is 5. The highest BCUT2D eigenvalue weighted by atomic mass is 16.6. The number of benzene rings is 2. The van der Waals surface area contributed by atoms with E-state index in [0.717, 1.165) is 11.1 Å². The van der Waals surface area contributed by atoms with Crippen molar-refractivity contribution in [2.45, 2.75) is 13.5 Å². The van der Waals surface area contributed by atoms with Crippen LogP contribution >= 0.6 is 0 Å². The van der Waals surface area contributed by atoms with Gasteiger partial charge in [0.2, 0.25) is 0 Å². The largest absolute Gasteiger partial charge is 0.482 e. The molecular formula is C17H18N2O4. The van der Waals surface area contributed by atoms with E-state index in [0.29, 0.717) is 5.56 Å². The van der Waals surface area contributed by atoms with E-state index in [1.807, 2.05) is 6.92 Å². The number of amides is 1. The fourth-order valence-electron chi connectivity index (χ4n) is 2.05. The molecule has 0 bridgehead atoms. The van der Waals surface area contributed by atoms with Gasteiger partial charge in [0.1, 0.15) is 6.61 Å². The van der Waals surface area contributed by atoms with Crippen molar-refractivity contribution >= 4 is 11.6 Å². The molecule has 0 atom stereocenters. The highest BCUT2D eigenvalue weighted by Gasteiger charge is 2.15. The summed E-state index contributed by atoms with van der Waals surface area (Å²) in [6.07, 6.45) is 0. The number of carbonyl (C=O) groups excluding carboxylic acids is 1. The Balaban J connectivity index is 2.11.